The molecule has 0 N–H and O–H groups in total. The zero-order valence-electron chi connectivity index (χ0n) is 12.9. The van der Waals surface area contributed by atoms with E-state index in [0.29, 0.717) is 17.9 Å². The Kier molecular flexibility index (Phi) is 6.12. The summed E-state index contributed by atoms with van der Waals surface area (Å²) in [6, 6.07) is 16.3. The molecule has 2 aromatic rings. The fourth-order valence-corrected chi connectivity index (χ4v) is 1.89. The van der Waals surface area contributed by atoms with Crippen molar-refractivity contribution in [2.45, 2.75) is 6.92 Å². The van der Waals surface area contributed by atoms with Gasteiger partial charge < -0.3 is 9.47 Å². The number of ketones is 1. The largest absolute Gasteiger partial charge is 0.482 e. The average Bonchev–Trinajstić information content (AvgIpc) is 2.59. The van der Waals surface area contributed by atoms with E-state index in [4.69, 9.17) is 9.47 Å². The number of hydrogen-bond donors (Lipinski definition) is 0. The Morgan fingerprint density at radius 3 is 2.35 bits per heavy atom. The van der Waals surface area contributed by atoms with Crippen LogP contribution in [0.2, 0.25) is 0 Å². The topological polar surface area (TPSA) is 52.6 Å². The van der Waals surface area contributed by atoms with E-state index in [1.54, 1.807) is 37.3 Å². The number of allylic oxidation sites excluding steroid dienone is 1. The van der Waals surface area contributed by atoms with Crippen LogP contribution in [-0.4, -0.2) is 25.0 Å². The number of benzene rings is 2. The minimum atomic E-state index is -0.418. The minimum Gasteiger partial charge on any atom is -0.482 e. The van der Waals surface area contributed by atoms with E-state index >= 15 is 0 Å². The molecule has 0 spiro atoms. The van der Waals surface area contributed by atoms with Crippen LogP contribution in [0.5, 0.6) is 5.75 Å². The lowest BCUT2D eigenvalue weighted by Gasteiger charge is -2.06. The van der Waals surface area contributed by atoms with Gasteiger partial charge in [0.1, 0.15) is 5.75 Å². The summed E-state index contributed by atoms with van der Waals surface area (Å²) >= 11 is 0. The molecule has 0 saturated carbocycles. The monoisotopic (exact) mass is 310 g/mol. The molecular formula is C19H18O4. The third-order valence-corrected chi connectivity index (χ3v) is 3.03. The lowest BCUT2D eigenvalue weighted by Crippen LogP contribution is -2.14. The van der Waals surface area contributed by atoms with Crippen molar-refractivity contribution in [1.29, 1.82) is 0 Å². The average molecular weight is 310 g/mol. The highest BCUT2D eigenvalue weighted by Gasteiger charge is 2.05. The summed E-state index contributed by atoms with van der Waals surface area (Å²) in [5.41, 5.74) is 1.52. The number of carbonyl (C=O) groups is 2. The molecule has 118 valence electrons. The van der Waals surface area contributed by atoms with E-state index in [2.05, 4.69) is 0 Å². The maximum absolute atomic E-state index is 12.1. The zero-order chi connectivity index (χ0) is 16.5. The standard InChI is InChI=1S/C19H18O4/c1-2-22-19(21)14-23-17-11-9-16(10-12-17)18(20)13-8-15-6-4-3-5-7-15/h3-13H,2,14H2,1H3/b13-8+. The molecule has 0 bridgehead atoms. The zero-order valence-corrected chi connectivity index (χ0v) is 12.9. The number of carbonyl (C=O) groups excluding carboxylic acids is 2. The Hall–Kier alpha value is -2.88. The van der Waals surface area contributed by atoms with Crippen LogP contribution in [0, 0.1) is 0 Å². The van der Waals surface area contributed by atoms with Crippen LogP contribution in [0.25, 0.3) is 6.08 Å². The molecule has 0 heterocycles. The summed E-state index contributed by atoms with van der Waals surface area (Å²) < 4.78 is 10.1. The van der Waals surface area contributed by atoms with Gasteiger partial charge in [-0.25, -0.2) is 4.79 Å². The molecule has 0 unspecified atom stereocenters. The van der Waals surface area contributed by atoms with Gasteiger partial charge in [0.25, 0.3) is 0 Å². The maximum Gasteiger partial charge on any atom is 0.344 e. The first-order valence-electron chi connectivity index (χ1n) is 7.35. The van der Waals surface area contributed by atoms with E-state index in [1.807, 2.05) is 30.3 Å². The summed E-state index contributed by atoms with van der Waals surface area (Å²) in [4.78, 5) is 23.3. The number of rotatable bonds is 7. The van der Waals surface area contributed by atoms with Crippen LogP contribution in [0.3, 0.4) is 0 Å². The molecule has 0 aliphatic heterocycles. The third-order valence-electron chi connectivity index (χ3n) is 3.03. The van der Waals surface area contributed by atoms with Gasteiger partial charge in [0, 0.05) is 5.56 Å². The highest BCUT2D eigenvalue weighted by atomic mass is 16.6. The van der Waals surface area contributed by atoms with Crippen molar-refractivity contribution in [3.63, 3.8) is 0 Å². The van der Waals surface area contributed by atoms with Crippen molar-refractivity contribution < 1.29 is 19.1 Å². The summed E-state index contributed by atoms with van der Waals surface area (Å²) in [6.07, 6.45) is 3.30. The quantitative estimate of drug-likeness (QED) is 0.446. The Morgan fingerprint density at radius 1 is 1.00 bits per heavy atom. The molecule has 0 aliphatic carbocycles. The van der Waals surface area contributed by atoms with Crippen molar-refractivity contribution in [2.75, 3.05) is 13.2 Å². The molecule has 0 fully saturated rings. The van der Waals surface area contributed by atoms with E-state index in [0.717, 1.165) is 5.56 Å². The lowest BCUT2D eigenvalue weighted by atomic mass is 10.1. The minimum absolute atomic E-state index is 0.0919. The fourth-order valence-electron chi connectivity index (χ4n) is 1.89. The molecule has 0 aliphatic rings. The van der Waals surface area contributed by atoms with Crippen LogP contribution < -0.4 is 4.74 Å². The molecule has 2 aromatic carbocycles. The van der Waals surface area contributed by atoms with Crippen molar-refractivity contribution in [3.05, 3.63) is 71.8 Å². The smallest absolute Gasteiger partial charge is 0.344 e. The predicted octanol–water partition coefficient (Wildman–Crippen LogP) is 3.52. The van der Waals surface area contributed by atoms with E-state index < -0.39 is 5.97 Å². The van der Waals surface area contributed by atoms with Gasteiger partial charge in [-0.15, -0.1) is 0 Å². The van der Waals surface area contributed by atoms with Gasteiger partial charge in [0.2, 0.25) is 0 Å². The van der Waals surface area contributed by atoms with Gasteiger partial charge in [-0.05, 0) is 42.8 Å². The SMILES string of the molecule is CCOC(=O)COc1ccc(C(=O)/C=C/c2ccccc2)cc1. The Labute approximate surface area is 135 Å². The first-order chi connectivity index (χ1) is 11.2. The first kappa shape index (κ1) is 16.5. The van der Waals surface area contributed by atoms with Gasteiger partial charge in [-0.2, -0.15) is 0 Å². The summed E-state index contributed by atoms with van der Waals surface area (Å²) in [5, 5.41) is 0. The lowest BCUT2D eigenvalue weighted by molar-refractivity contribution is -0.145. The van der Waals surface area contributed by atoms with E-state index in [1.165, 1.54) is 6.08 Å². The van der Waals surface area contributed by atoms with Crippen LogP contribution in [0.1, 0.15) is 22.8 Å². The van der Waals surface area contributed by atoms with Crippen LogP contribution in [-0.2, 0) is 9.53 Å². The second-order valence-corrected chi connectivity index (χ2v) is 4.73. The molecule has 0 atom stereocenters. The predicted molar refractivity (Wildman–Crippen MR) is 88.4 cm³/mol. The van der Waals surface area contributed by atoms with Crippen LogP contribution in [0.4, 0.5) is 0 Å². The second-order valence-electron chi connectivity index (χ2n) is 4.73. The fraction of sp³-hybridized carbons (Fsp3) is 0.158. The summed E-state index contributed by atoms with van der Waals surface area (Å²) in [5.74, 6) is 0.00545. The Morgan fingerprint density at radius 2 is 1.70 bits per heavy atom. The highest BCUT2D eigenvalue weighted by Crippen LogP contribution is 2.13. The molecule has 4 nitrogen and oxygen atoms in total. The number of esters is 1. The van der Waals surface area contributed by atoms with Crippen molar-refractivity contribution in [2.24, 2.45) is 0 Å². The van der Waals surface area contributed by atoms with Crippen LogP contribution in [0.15, 0.2) is 60.7 Å². The van der Waals surface area contributed by atoms with E-state index in [-0.39, 0.29) is 12.4 Å². The third kappa shape index (κ3) is 5.43. The van der Waals surface area contributed by atoms with Crippen molar-refractivity contribution >= 4 is 17.8 Å². The van der Waals surface area contributed by atoms with Crippen LogP contribution >= 0.6 is 0 Å². The number of hydrogen-bond acceptors (Lipinski definition) is 4. The first-order valence-corrected chi connectivity index (χ1v) is 7.35. The highest BCUT2D eigenvalue weighted by molar-refractivity contribution is 6.06. The summed E-state index contributed by atoms with van der Waals surface area (Å²) in [7, 11) is 0. The molecule has 0 radical (unpaired) electrons. The molecular weight excluding hydrogens is 292 g/mol. The second kappa shape index (κ2) is 8.54. The Bertz CT molecular complexity index is 672. The van der Waals surface area contributed by atoms with E-state index in [9.17, 15) is 9.59 Å². The van der Waals surface area contributed by atoms with Crippen molar-refractivity contribution in [3.8, 4) is 5.75 Å². The van der Waals surface area contributed by atoms with Crippen molar-refractivity contribution in [1.82, 2.24) is 0 Å². The van der Waals surface area contributed by atoms with Gasteiger partial charge in [0.15, 0.2) is 12.4 Å². The number of ether oxygens (including phenoxy) is 2. The summed E-state index contributed by atoms with van der Waals surface area (Å²) in [6.45, 7) is 1.92. The molecule has 0 aromatic heterocycles. The molecule has 23 heavy (non-hydrogen) atoms. The molecule has 2 rings (SSSR count). The molecule has 0 amide bonds. The van der Waals surface area contributed by atoms with Gasteiger partial charge in [0.05, 0.1) is 6.61 Å². The van der Waals surface area contributed by atoms with Gasteiger partial charge in [-0.3, -0.25) is 4.79 Å². The van der Waals surface area contributed by atoms with Gasteiger partial charge >= 0.3 is 5.97 Å². The van der Waals surface area contributed by atoms with Gasteiger partial charge in [-0.1, -0.05) is 36.4 Å². The normalized spacial score (nSPS) is 10.5. The molecule has 4 heteroatoms. The molecule has 0 saturated heterocycles. The Balaban J connectivity index is 1.92. The maximum atomic E-state index is 12.1.